The fourth-order valence-corrected chi connectivity index (χ4v) is 3.10. The third-order valence-corrected chi connectivity index (χ3v) is 4.71. The molecule has 0 aliphatic rings. The summed E-state index contributed by atoms with van der Waals surface area (Å²) in [7, 11) is 1.79. The molecule has 4 aromatic heterocycles. The van der Waals surface area contributed by atoms with E-state index in [2.05, 4.69) is 25.3 Å². The molecule has 154 valence electrons. The third-order valence-electron chi connectivity index (χ3n) is 4.71. The lowest BCUT2D eigenvalue weighted by atomic mass is 10.2. The summed E-state index contributed by atoms with van der Waals surface area (Å²) in [5.41, 5.74) is 1.58. The van der Waals surface area contributed by atoms with Crippen LogP contribution in [-0.4, -0.2) is 35.0 Å². The number of fused-ring (bicyclic) bond motifs is 1. The Morgan fingerprint density at radius 2 is 1.93 bits per heavy atom. The normalized spacial score (nSPS) is 11.8. The van der Waals surface area contributed by atoms with Crippen LogP contribution in [0.15, 0.2) is 36.8 Å². The first kappa shape index (κ1) is 19.6. The summed E-state index contributed by atoms with van der Waals surface area (Å²) in [4.78, 5) is 28.0. The number of nitrogens with one attached hydrogen (secondary N) is 1. The number of pyridine rings is 1. The highest BCUT2D eigenvalue weighted by Crippen LogP contribution is 2.29. The summed E-state index contributed by atoms with van der Waals surface area (Å²) in [5.74, 6) is -2.73. The summed E-state index contributed by atoms with van der Waals surface area (Å²) in [6, 6.07) is 5.08. The fourth-order valence-electron chi connectivity index (χ4n) is 3.10. The molecule has 1 amide bonds. The average molecular weight is 411 g/mol. The Morgan fingerprint density at radius 3 is 2.57 bits per heavy atom. The van der Waals surface area contributed by atoms with Crippen molar-refractivity contribution in [3.8, 4) is 17.2 Å². The molecular formula is C20H19F2N7O. The van der Waals surface area contributed by atoms with Crippen molar-refractivity contribution < 1.29 is 13.6 Å². The molecule has 4 rings (SSSR count). The highest BCUT2D eigenvalue weighted by atomic mass is 19.3. The zero-order valence-corrected chi connectivity index (χ0v) is 16.8. The van der Waals surface area contributed by atoms with Crippen molar-refractivity contribution >= 4 is 22.6 Å². The number of carbonyl (C=O) groups is 1. The molecule has 1 N–H and O–H groups in total. The van der Waals surface area contributed by atoms with Crippen LogP contribution in [0.5, 0.6) is 0 Å². The van der Waals surface area contributed by atoms with Gasteiger partial charge in [-0.2, -0.15) is 8.78 Å². The van der Waals surface area contributed by atoms with Gasteiger partial charge in [-0.3, -0.25) is 4.79 Å². The summed E-state index contributed by atoms with van der Waals surface area (Å²) in [6.07, 6.45) is 4.90. The summed E-state index contributed by atoms with van der Waals surface area (Å²) < 4.78 is 31.8. The number of halogens is 2. The van der Waals surface area contributed by atoms with Gasteiger partial charge in [0.25, 0.3) is 0 Å². The first-order valence-corrected chi connectivity index (χ1v) is 9.14. The number of aryl methyl sites for hydroxylation is 1. The number of aromatic nitrogens is 6. The second-order valence-electron chi connectivity index (χ2n) is 7.07. The van der Waals surface area contributed by atoms with E-state index >= 15 is 0 Å². The molecule has 0 aromatic carbocycles. The smallest absolute Gasteiger partial charge is 0.303 e. The van der Waals surface area contributed by atoms with Crippen molar-refractivity contribution in [3.63, 3.8) is 0 Å². The lowest BCUT2D eigenvalue weighted by molar-refractivity contribution is -0.114. The Balaban J connectivity index is 1.93. The number of amides is 1. The van der Waals surface area contributed by atoms with Crippen molar-refractivity contribution in [3.05, 3.63) is 48.4 Å². The standard InChI is InChI=1S/C20H19F2N7O/c1-11-23-10-16(28(11)4)14-7-18(27-19(26-14)20(3,21)22)29-6-5-13-9-24-17(8-15(13)29)25-12(2)30/h5-10H,1-4H3,(H,24,25,30). The second-order valence-corrected chi connectivity index (χ2v) is 7.07. The molecular weight excluding hydrogens is 392 g/mol. The van der Waals surface area contributed by atoms with Gasteiger partial charge in [-0.15, -0.1) is 0 Å². The van der Waals surface area contributed by atoms with Gasteiger partial charge in [0.2, 0.25) is 11.7 Å². The number of hydrogen-bond donors (Lipinski definition) is 1. The van der Waals surface area contributed by atoms with Gasteiger partial charge in [0.05, 0.1) is 23.1 Å². The Hall–Kier alpha value is -3.69. The molecule has 30 heavy (non-hydrogen) atoms. The van der Waals surface area contributed by atoms with Crippen LogP contribution < -0.4 is 5.32 Å². The molecule has 0 aliphatic heterocycles. The first-order chi connectivity index (χ1) is 14.1. The third kappa shape index (κ3) is 3.51. The molecule has 0 bridgehead atoms. The van der Waals surface area contributed by atoms with Crippen LogP contribution >= 0.6 is 0 Å². The maximum atomic E-state index is 14.2. The van der Waals surface area contributed by atoms with Gasteiger partial charge in [0, 0.05) is 50.8 Å². The Morgan fingerprint density at radius 1 is 1.17 bits per heavy atom. The lowest BCUT2D eigenvalue weighted by Crippen LogP contribution is -2.15. The quantitative estimate of drug-likeness (QED) is 0.554. The van der Waals surface area contributed by atoms with Crippen molar-refractivity contribution in [1.29, 1.82) is 0 Å². The molecule has 4 aromatic rings. The largest absolute Gasteiger partial charge is 0.330 e. The predicted octanol–water partition coefficient (Wildman–Crippen LogP) is 3.59. The summed E-state index contributed by atoms with van der Waals surface area (Å²) in [6.45, 7) is 3.96. The number of imidazole rings is 1. The number of nitrogens with zero attached hydrogens (tertiary/aromatic N) is 6. The van der Waals surface area contributed by atoms with Gasteiger partial charge in [-0.25, -0.2) is 19.9 Å². The highest BCUT2D eigenvalue weighted by molar-refractivity contribution is 5.91. The first-order valence-electron chi connectivity index (χ1n) is 9.14. The highest BCUT2D eigenvalue weighted by Gasteiger charge is 2.30. The van der Waals surface area contributed by atoms with Crippen LogP contribution in [0, 0.1) is 6.92 Å². The molecule has 8 nitrogen and oxygen atoms in total. The van der Waals surface area contributed by atoms with Gasteiger partial charge < -0.3 is 14.5 Å². The molecule has 0 fully saturated rings. The summed E-state index contributed by atoms with van der Waals surface area (Å²) in [5, 5.41) is 3.39. The maximum Gasteiger partial charge on any atom is 0.303 e. The Kier molecular flexibility index (Phi) is 4.56. The number of rotatable bonds is 4. The van der Waals surface area contributed by atoms with E-state index in [9.17, 15) is 13.6 Å². The van der Waals surface area contributed by atoms with E-state index in [0.717, 1.165) is 18.1 Å². The van der Waals surface area contributed by atoms with Crippen LogP contribution in [0.1, 0.15) is 25.5 Å². The minimum atomic E-state index is -3.23. The molecule has 0 spiro atoms. The van der Waals surface area contributed by atoms with Crippen LogP contribution in [0.2, 0.25) is 0 Å². The molecule has 4 heterocycles. The topological polar surface area (TPSA) is 90.5 Å². The van der Waals surface area contributed by atoms with Crippen molar-refractivity contribution in [2.24, 2.45) is 7.05 Å². The van der Waals surface area contributed by atoms with E-state index < -0.39 is 11.7 Å². The molecule has 0 saturated heterocycles. The summed E-state index contributed by atoms with van der Waals surface area (Å²) >= 11 is 0. The van der Waals surface area contributed by atoms with E-state index in [1.807, 2.05) is 6.92 Å². The predicted molar refractivity (Wildman–Crippen MR) is 107 cm³/mol. The minimum Gasteiger partial charge on any atom is -0.330 e. The van der Waals surface area contributed by atoms with Gasteiger partial charge >= 0.3 is 5.92 Å². The molecule has 0 unspecified atom stereocenters. The minimum absolute atomic E-state index is 0.260. The van der Waals surface area contributed by atoms with E-state index in [0.29, 0.717) is 22.7 Å². The van der Waals surface area contributed by atoms with E-state index in [4.69, 9.17) is 0 Å². The van der Waals surface area contributed by atoms with Gasteiger partial charge in [0.1, 0.15) is 17.5 Å². The molecule has 0 atom stereocenters. The van der Waals surface area contributed by atoms with Crippen molar-refractivity contribution in [1.82, 2.24) is 29.1 Å². The van der Waals surface area contributed by atoms with E-state index in [1.165, 1.54) is 6.92 Å². The average Bonchev–Trinajstić information content (AvgIpc) is 3.23. The van der Waals surface area contributed by atoms with Gasteiger partial charge in [0.15, 0.2) is 0 Å². The molecule has 10 heteroatoms. The van der Waals surface area contributed by atoms with Crippen molar-refractivity contribution in [2.45, 2.75) is 26.7 Å². The fraction of sp³-hybridized carbons (Fsp3) is 0.250. The van der Waals surface area contributed by atoms with E-state index in [1.54, 1.807) is 53.0 Å². The monoisotopic (exact) mass is 411 g/mol. The van der Waals surface area contributed by atoms with Gasteiger partial charge in [-0.05, 0) is 13.0 Å². The number of anilines is 1. The van der Waals surface area contributed by atoms with E-state index in [-0.39, 0.29) is 11.7 Å². The molecule has 0 radical (unpaired) electrons. The number of carbonyl (C=O) groups excluding carboxylic acids is 1. The van der Waals surface area contributed by atoms with Gasteiger partial charge in [-0.1, -0.05) is 0 Å². The SMILES string of the molecule is CC(=O)Nc1cc2c(ccn2-c2cc(-c3cnc(C)n3C)nc(C(C)(F)F)n2)cn1. The van der Waals surface area contributed by atoms with Crippen LogP contribution in [0.4, 0.5) is 14.6 Å². The molecule has 0 aliphatic carbocycles. The Labute approximate surface area is 170 Å². The second kappa shape index (κ2) is 6.97. The van der Waals surface area contributed by atoms with Crippen LogP contribution in [0.25, 0.3) is 28.1 Å². The number of alkyl halides is 2. The lowest BCUT2D eigenvalue weighted by Gasteiger charge is -2.14. The van der Waals surface area contributed by atoms with Crippen LogP contribution in [-0.2, 0) is 17.8 Å². The molecule has 0 saturated carbocycles. The Bertz CT molecular complexity index is 1270. The van der Waals surface area contributed by atoms with Crippen LogP contribution in [0.3, 0.4) is 0 Å². The number of hydrogen-bond acceptors (Lipinski definition) is 5. The maximum absolute atomic E-state index is 14.2. The zero-order valence-electron chi connectivity index (χ0n) is 16.8. The van der Waals surface area contributed by atoms with Crippen molar-refractivity contribution in [2.75, 3.05) is 5.32 Å². The zero-order chi connectivity index (χ0) is 21.6.